The highest BCUT2D eigenvalue weighted by Gasteiger charge is 2.36. The zero-order chi connectivity index (χ0) is 17.4. The summed E-state index contributed by atoms with van der Waals surface area (Å²) in [7, 11) is 1.89. The van der Waals surface area contributed by atoms with Crippen molar-refractivity contribution in [1.82, 2.24) is 10.2 Å². The predicted molar refractivity (Wildman–Crippen MR) is 99.8 cm³/mol. The second kappa shape index (κ2) is 6.90. The average molecular weight is 385 g/mol. The summed E-state index contributed by atoms with van der Waals surface area (Å²) in [6.45, 7) is 2.35. The first-order chi connectivity index (χ1) is 11.4. The maximum absolute atomic E-state index is 12.5. The predicted octanol–water partition coefficient (Wildman–Crippen LogP) is 4.26. The Morgan fingerprint density at radius 1 is 1.33 bits per heavy atom. The van der Waals surface area contributed by atoms with E-state index < -0.39 is 0 Å². The van der Waals surface area contributed by atoms with Crippen molar-refractivity contribution in [2.24, 2.45) is 0 Å². The van der Waals surface area contributed by atoms with Gasteiger partial charge in [-0.3, -0.25) is 4.79 Å². The molecule has 0 amide bonds. The molecule has 0 aromatic heterocycles. The number of rotatable bonds is 3. The van der Waals surface area contributed by atoms with E-state index in [4.69, 9.17) is 40.2 Å². The Bertz CT molecular complexity index is 725. The first-order valence-electron chi connectivity index (χ1n) is 7.86. The Hall–Kier alpha value is -1.30. The third-order valence-electron chi connectivity index (χ3n) is 4.34. The minimum absolute atomic E-state index is 0.143. The van der Waals surface area contributed by atoms with Gasteiger partial charge in [-0.2, -0.15) is 0 Å². The van der Waals surface area contributed by atoms with E-state index in [0.717, 1.165) is 29.7 Å². The first-order valence-corrected chi connectivity index (χ1v) is 9.02. The molecule has 128 valence electrons. The lowest BCUT2D eigenvalue weighted by Gasteiger charge is -2.39. The number of Topliss-reactive ketones (excluding diaryl/α,β-unsaturated/α-hetero) is 1. The number of ether oxygens (including phenoxy) is 1. The summed E-state index contributed by atoms with van der Waals surface area (Å²) >= 11 is 18.1. The van der Waals surface area contributed by atoms with Gasteiger partial charge in [0.05, 0.1) is 22.7 Å². The Balaban J connectivity index is 2.09. The third kappa shape index (κ3) is 3.01. The van der Waals surface area contributed by atoms with E-state index in [2.05, 4.69) is 5.32 Å². The van der Waals surface area contributed by atoms with Crippen LogP contribution in [-0.2, 0) is 4.79 Å². The molecule has 1 aromatic carbocycles. The minimum atomic E-state index is -0.331. The number of hydrogen-bond acceptors (Lipinski definition) is 3. The molecule has 1 heterocycles. The largest absolute Gasteiger partial charge is 0.491 e. The molecule has 1 aliphatic carbocycles. The van der Waals surface area contributed by atoms with Crippen LogP contribution in [0.1, 0.15) is 37.8 Å². The van der Waals surface area contributed by atoms with Crippen molar-refractivity contribution in [1.29, 1.82) is 0 Å². The van der Waals surface area contributed by atoms with E-state index in [1.54, 1.807) is 12.1 Å². The molecule has 1 unspecified atom stereocenters. The topological polar surface area (TPSA) is 41.6 Å². The van der Waals surface area contributed by atoms with Crippen LogP contribution in [-0.4, -0.2) is 29.5 Å². The van der Waals surface area contributed by atoms with E-state index in [1.165, 1.54) is 0 Å². The van der Waals surface area contributed by atoms with E-state index >= 15 is 0 Å². The summed E-state index contributed by atoms with van der Waals surface area (Å²) in [5, 5.41) is 4.69. The molecule has 24 heavy (non-hydrogen) atoms. The quantitative estimate of drug-likeness (QED) is 0.788. The van der Waals surface area contributed by atoms with E-state index in [1.807, 2.05) is 18.9 Å². The standard InChI is InChI=1S/C17H18Cl2N2O2S/c1-3-23-16-10(18)7-9(8-11(16)19)15-14-12(5-4-6-13(14)22)21(2)17(24)20-15/h7-8,15H,3-6H2,1-2H3,(H,20,24). The Kier molecular flexibility index (Phi) is 5.04. The van der Waals surface area contributed by atoms with Gasteiger partial charge in [-0.1, -0.05) is 23.2 Å². The second-order valence-electron chi connectivity index (χ2n) is 5.83. The van der Waals surface area contributed by atoms with Crippen LogP contribution in [0.15, 0.2) is 23.4 Å². The maximum Gasteiger partial charge on any atom is 0.173 e. The van der Waals surface area contributed by atoms with Gasteiger partial charge in [0.25, 0.3) is 0 Å². The number of allylic oxidation sites excluding steroid dienone is 1. The summed E-state index contributed by atoms with van der Waals surface area (Å²) in [6.07, 6.45) is 2.24. The van der Waals surface area contributed by atoms with Gasteiger partial charge in [-0.15, -0.1) is 0 Å². The molecular formula is C17H18Cl2N2O2S. The monoisotopic (exact) mass is 384 g/mol. The molecule has 1 atom stereocenters. The van der Waals surface area contributed by atoms with Crippen molar-refractivity contribution in [2.45, 2.75) is 32.2 Å². The lowest BCUT2D eigenvalue weighted by molar-refractivity contribution is -0.116. The summed E-state index contributed by atoms with van der Waals surface area (Å²) in [6, 6.07) is 3.25. The maximum atomic E-state index is 12.5. The van der Waals surface area contributed by atoms with Crippen LogP contribution in [0.3, 0.4) is 0 Å². The third-order valence-corrected chi connectivity index (χ3v) is 5.29. The zero-order valence-electron chi connectivity index (χ0n) is 13.5. The van der Waals surface area contributed by atoms with Gasteiger partial charge in [0.15, 0.2) is 16.6 Å². The zero-order valence-corrected chi connectivity index (χ0v) is 15.8. The van der Waals surface area contributed by atoms with Crippen molar-refractivity contribution >= 4 is 46.3 Å². The number of carbonyl (C=O) groups is 1. The number of halogens is 2. The van der Waals surface area contributed by atoms with Gasteiger partial charge in [-0.05, 0) is 49.7 Å². The van der Waals surface area contributed by atoms with Crippen LogP contribution in [0, 0.1) is 0 Å². The molecule has 0 saturated carbocycles. The fourth-order valence-electron chi connectivity index (χ4n) is 3.22. The van der Waals surface area contributed by atoms with Crippen LogP contribution in [0.2, 0.25) is 10.0 Å². The SMILES string of the molecule is CCOc1c(Cl)cc(C2NC(=S)N(C)C3=C2C(=O)CCC3)cc1Cl. The Morgan fingerprint density at radius 2 is 2.00 bits per heavy atom. The number of benzene rings is 1. The average Bonchev–Trinajstić information content (AvgIpc) is 2.54. The molecule has 4 nitrogen and oxygen atoms in total. The first kappa shape index (κ1) is 17.5. The number of hydrogen-bond donors (Lipinski definition) is 1. The van der Waals surface area contributed by atoms with Gasteiger partial charge in [-0.25, -0.2) is 0 Å². The molecule has 3 rings (SSSR count). The second-order valence-corrected chi connectivity index (χ2v) is 7.03. The molecule has 0 fully saturated rings. The molecule has 1 N–H and O–H groups in total. The summed E-state index contributed by atoms with van der Waals surface area (Å²) in [5.41, 5.74) is 2.56. The molecule has 1 aromatic rings. The highest BCUT2D eigenvalue weighted by molar-refractivity contribution is 7.80. The number of thiocarbonyl (C=S) groups is 1. The summed E-state index contributed by atoms with van der Waals surface area (Å²) in [4.78, 5) is 14.4. The highest BCUT2D eigenvalue weighted by Crippen LogP contribution is 2.41. The molecule has 0 bridgehead atoms. The summed E-state index contributed by atoms with van der Waals surface area (Å²) < 4.78 is 5.48. The number of ketones is 1. The number of nitrogens with one attached hydrogen (secondary N) is 1. The van der Waals surface area contributed by atoms with Crippen molar-refractivity contribution in [3.05, 3.63) is 39.0 Å². The molecule has 0 saturated heterocycles. The van der Waals surface area contributed by atoms with Crippen molar-refractivity contribution in [2.75, 3.05) is 13.7 Å². The highest BCUT2D eigenvalue weighted by atomic mass is 35.5. The minimum Gasteiger partial charge on any atom is -0.491 e. The Morgan fingerprint density at radius 3 is 2.62 bits per heavy atom. The molecular weight excluding hydrogens is 367 g/mol. The lowest BCUT2D eigenvalue weighted by atomic mass is 9.85. The van der Waals surface area contributed by atoms with Crippen molar-refractivity contribution < 1.29 is 9.53 Å². The van der Waals surface area contributed by atoms with Crippen LogP contribution in [0.5, 0.6) is 5.75 Å². The lowest BCUT2D eigenvalue weighted by Crippen LogP contribution is -2.47. The van der Waals surface area contributed by atoms with Gasteiger partial charge >= 0.3 is 0 Å². The van der Waals surface area contributed by atoms with Crippen LogP contribution < -0.4 is 10.1 Å². The molecule has 0 radical (unpaired) electrons. The van der Waals surface area contributed by atoms with E-state index in [9.17, 15) is 4.79 Å². The van der Waals surface area contributed by atoms with Gasteiger partial charge in [0, 0.05) is 24.7 Å². The van der Waals surface area contributed by atoms with E-state index in [0.29, 0.717) is 33.9 Å². The van der Waals surface area contributed by atoms with Gasteiger partial charge in [0.2, 0.25) is 0 Å². The molecule has 2 aliphatic rings. The van der Waals surface area contributed by atoms with Crippen LogP contribution >= 0.6 is 35.4 Å². The summed E-state index contributed by atoms with van der Waals surface area (Å²) in [5.74, 6) is 0.605. The van der Waals surface area contributed by atoms with Crippen molar-refractivity contribution in [3.8, 4) is 5.75 Å². The molecule has 7 heteroatoms. The van der Waals surface area contributed by atoms with Gasteiger partial charge < -0.3 is 15.0 Å². The number of nitrogens with zero attached hydrogens (tertiary/aromatic N) is 1. The number of carbonyl (C=O) groups excluding carboxylic acids is 1. The molecule has 0 spiro atoms. The van der Waals surface area contributed by atoms with E-state index in [-0.39, 0.29) is 11.8 Å². The van der Waals surface area contributed by atoms with Crippen LogP contribution in [0.25, 0.3) is 0 Å². The molecule has 1 aliphatic heterocycles. The normalized spacial score (nSPS) is 20.8. The fraction of sp³-hybridized carbons (Fsp3) is 0.412. The Labute approximate surface area is 156 Å². The smallest absolute Gasteiger partial charge is 0.173 e. The van der Waals surface area contributed by atoms with Crippen molar-refractivity contribution in [3.63, 3.8) is 0 Å². The fourth-order valence-corrected chi connectivity index (χ4v) is 4.06. The van der Waals surface area contributed by atoms with Crippen LogP contribution in [0.4, 0.5) is 0 Å². The van der Waals surface area contributed by atoms with Gasteiger partial charge in [0.1, 0.15) is 0 Å².